The van der Waals surface area contributed by atoms with E-state index in [1.807, 2.05) is 0 Å². The van der Waals surface area contributed by atoms with E-state index in [-0.39, 0.29) is 31.1 Å². The average molecular weight is 1110 g/mol. The van der Waals surface area contributed by atoms with Gasteiger partial charge in [-0.3, -0.25) is 14.4 Å². The lowest BCUT2D eigenvalue weighted by Crippen LogP contribution is -2.30. The summed E-state index contributed by atoms with van der Waals surface area (Å²) in [5.41, 5.74) is 0. The Bertz CT molecular complexity index is 1360. The molecule has 0 N–H and O–H groups in total. The summed E-state index contributed by atoms with van der Waals surface area (Å²) in [6, 6.07) is 0. The third kappa shape index (κ3) is 66.1. The standard InChI is InChI=1S/C73H134O6/c1-4-7-10-13-16-19-22-25-28-31-33-34-35-36-37-38-40-42-45-48-51-54-57-60-63-66-72(75)78-69-70(68-77-71(74)65-62-59-56-53-50-47-44-41-30-27-24-21-18-15-12-9-6-3)79-73(76)67-64-61-58-55-52-49-46-43-39-32-29-26-23-20-17-14-11-8-5-2/h8,11,17,20,26,29,39,43,70H,4-7,9-10,12-16,18-19,21-25,27-28,30-38,40-42,44-69H2,1-3H3/b11-8-,20-17-,29-26-,43-39-. The second kappa shape index (κ2) is 67.9. The fraction of sp³-hybridized carbons (Fsp3) is 0.849. The predicted octanol–water partition coefficient (Wildman–Crippen LogP) is 24.1. The van der Waals surface area contributed by atoms with Crippen molar-refractivity contribution in [1.82, 2.24) is 0 Å². The van der Waals surface area contributed by atoms with Crippen LogP contribution in [0.5, 0.6) is 0 Å². The minimum Gasteiger partial charge on any atom is -0.462 e. The average Bonchev–Trinajstić information content (AvgIpc) is 3.45. The van der Waals surface area contributed by atoms with Crippen molar-refractivity contribution in [3.8, 4) is 0 Å². The topological polar surface area (TPSA) is 78.9 Å². The number of ether oxygens (including phenoxy) is 3. The van der Waals surface area contributed by atoms with Crippen LogP contribution < -0.4 is 0 Å². The predicted molar refractivity (Wildman–Crippen MR) is 344 cm³/mol. The first-order valence-corrected chi connectivity index (χ1v) is 35.1. The zero-order valence-electron chi connectivity index (χ0n) is 53.2. The van der Waals surface area contributed by atoms with Gasteiger partial charge in [-0.15, -0.1) is 0 Å². The summed E-state index contributed by atoms with van der Waals surface area (Å²) in [7, 11) is 0. The van der Waals surface area contributed by atoms with Crippen LogP contribution in [-0.4, -0.2) is 37.2 Å². The van der Waals surface area contributed by atoms with Crippen LogP contribution >= 0.6 is 0 Å². The molecule has 0 aliphatic heterocycles. The molecule has 0 aliphatic carbocycles. The third-order valence-corrected chi connectivity index (χ3v) is 15.8. The molecule has 0 aromatic rings. The van der Waals surface area contributed by atoms with Crippen LogP contribution in [0.15, 0.2) is 48.6 Å². The fourth-order valence-corrected chi connectivity index (χ4v) is 10.6. The Hall–Kier alpha value is -2.63. The zero-order chi connectivity index (χ0) is 57.1. The van der Waals surface area contributed by atoms with Gasteiger partial charge in [-0.05, 0) is 57.8 Å². The van der Waals surface area contributed by atoms with Crippen molar-refractivity contribution in [1.29, 1.82) is 0 Å². The number of hydrogen-bond donors (Lipinski definition) is 0. The molecule has 0 aromatic heterocycles. The smallest absolute Gasteiger partial charge is 0.306 e. The molecule has 0 amide bonds. The summed E-state index contributed by atoms with van der Waals surface area (Å²) >= 11 is 0. The van der Waals surface area contributed by atoms with E-state index in [2.05, 4.69) is 69.4 Å². The van der Waals surface area contributed by atoms with Crippen molar-refractivity contribution < 1.29 is 28.6 Å². The highest BCUT2D eigenvalue weighted by molar-refractivity contribution is 5.71. The lowest BCUT2D eigenvalue weighted by molar-refractivity contribution is -0.167. The fourth-order valence-electron chi connectivity index (χ4n) is 10.6. The van der Waals surface area contributed by atoms with Gasteiger partial charge in [0.05, 0.1) is 0 Å². The van der Waals surface area contributed by atoms with Gasteiger partial charge < -0.3 is 14.2 Å². The first-order valence-electron chi connectivity index (χ1n) is 35.1. The maximum absolute atomic E-state index is 12.9. The Morgan fingerprint density at radius 1 is 0.266 bits per heavy atom. The lowest BCUT2D eigenvalue weighted by atomic mass is 10.0. The van der Waals surface area contributed by atoms with Crippen molar-refractivity contribution >= 4 is 17.9 Å². The van der Waals surface area contributed by atoms with E-state index in [0.29, 0.717) is 19.3 Å². The number of unbranched alkanes of at least 4 members (excludes halogenated alkanes) is 46. The minimum absolute atomic E-state index is 0.0737. The van der Waals surface area contributed by atoms with Gasteiger partial charge in [-0.2, -0.15) is 0 Å². The number of carbonyl (C=O) groups excluding carboxylic acids is 3. The second-order valence-electron chi connectivity index (χ2n) is 23.8. The molecule has 6 heteroatoms. The van der Waals surface area contributed by atoms with E-state index in [4.69, 9.17) is 14.2 Å². The molecule has 1 atom stereocenters. The van der Waals surface area contributed by atoms with Gasteiger partial charge in [0.15, 0.2) is 6.10 Å². The van der Waals surface area contributed by atoms with Gasteiger partial charge in [0.25, 0.3) is 0 Å². The summed E-state index contributed by atoms with van der Waals surface area (Å²) < 4.78 is 17.0. The molecule has 0 aliphatic rings. The van der Waals surface area contributed by atoms with Crippen LogP contribution in [0.3, 0.4) is 0 Å². The van der Waals surface area contributed by atoms with Crippen LogP contribution in [0, 0.1) is 0 Å². The SMILES string of the molecule is CC/C=C\C/C=C\C/C=C\C/C=C\CCCCCCCCC(=O)OC(COC(=O)CCCCCCCCCCCCCCCCCCC)COC(=O)CCCCCCCCCCCCCCCCCCCCCCCCCCC. The molecule has 0 radical (unpaired) electrons. The summed E-state index contributed by atoms with van der Waals surface area (Å²) in [4.78, 5) is 38.5. The van der Waals surface area contributed by atoms with Crippen molar-refractivity contribution in [2.75, 3.05) is 13.2 Å². The van der Waals surface area contributed by atoms with Crippen LogP contribution in [-0.2, 0) is 28.6 Å². The molecule has 0 heterocycles. The van der Waals surface area contributed by atoms with E-state index in [1.54, 1.807) is 0 Å². The Kier molecular flexibility index (Phi) is 65.6. The first kappa shape index (κ1) is 76.4. The highest BCUT2D eigenvalue weighted by Crippen LogP contribution is 2.19. The van der Waals surface area contributed by atoms with Gasteiger partial charge in [-0.25, -0.2) is 0 Å². The number of carbonyl (C=O) groups is 3. The molecule has 0 spiro atoms. The highest BCUT2D eigenvalue weighted by Gasteiger charge is 2.19. The number of esters is 3. The molecule has 0 saturated carbocycles. The lowest BCUT2D eigenvalue weighted by Gasteiger charge is -2.18. The van der Waals surface area contributed by atoms with E-state index in [1.165, 1.54) is 244 Å². The van der Waals surface area contributed by atoms with Crippen LogP contribution in [0.1, 0.15) is 380 Å². The minimum atomic E-state index is -0.779. The molecule has 462 valence electrons. The highest BCUT2D eigenvalue weighted by atomic mass is 16.6. The molecule has 1 unspecified atom stereocenters. The van der Waals surface area contributed by atoms with Gasteiger partial charge >= 0.3 is 17.9 Å². The van der Waals surface area contributed by atoms with E-state index < -0.39 is 6.10 Å². The largest absolute Gasteiger partial charge is 0.462 e. The number of rotatable bonds is 65. The Labute approximate surface area is 492 Å². The zero-order valence-corrected chi connectivity index (χ0v) is 53.2. The molecule has 0 saturated heterocycles. The van der Waals surface area contributed by atoms with E-state index in [9.17, 15) is 14.4 Å². The first-order chi connectivity index (χ1) is 39.0. The van der Waals surface area contributed by atoms with Crippen molar-refractivity contribution in [3.05, 3.63) is 48.6 Å². The summed E-state index contributed by atoms with van der Waals surface area (Å²) in [5.74, 6) is -0.859. The third-order valence-electron chi connectivity index (χ3n) is 15.8. The van der Waals surface area contributed by atoms with Gasteiger partial charge in [0, 0.05) is 19.3 Å². The van der Waals surface area contributed by atoms with Gasteiger partial charge in [0.1, 0.15) is 13.2 Å². The number of hydrogen-bond acceptors (Lipinski definition) is 6. The normalized spacial score (nSPS) is 12.3. The second-order valence-corrected chi connectivity index (χ2v) is 23.8. The van der Waals surface area contributed by atoms with Crippen molar-refractivity contribution in [2.45, 2.75) is 386 Å². The van der Waals surface area contributed by atoms with Gasteiger partial charge in [-0.1, -0.05) is 352 Å². The maximum Gasteiger partial charge on any atom is 0.306 e. The Balaban J connectivity index is 4.29. The molecule has 6 nitrogen and oxygen atoms in total. The molecular formula is C73H134O6. The molecular weight excluding hydrogens is 973 g/mol. The van der Waals surface area contributed by atoms with E-state index in [0.717, 1.165) is 96.3 Å². The summed E-state index contributed by atoms with van der Waals surface area (Å²) in [6.07, 6.45) is 85.7. The van der Waals surface area contributed by atoms with Crippen molar-refractivity contribution in [3.63, 3.8) is 0 Å². The van der Waals surface area contributed by atoms with Crippen LogP contribution in [0.4, 0.5) is 0 Å². The van der Waals surface area contributed by atoms with Gasteiger partial charge in [0.2, 0.25) is 0 Å². The maximum atomic E-state index is 12.9. The molecule has 0 aromatic carbocycles. The Morgan fingerprint density at radius 3 is 0.772 bits per heavy atom. The summed E-state index contributed by atoms with van der Waals surface area (Å²) in [5, 5.41) is 0. The van der Waals surface area contributed by atoms with E-state index >= 15 is 0 Å². The summed E-state index contributed by atoms with van der Waals surface area (Å²) in [6.45, 7) is 6.59. The molecule has 0 fully saturated rings. The van der Waals surface area contributed by atoms with Crippen LogP contribution in [0.2, 0.25) is 0 Å². The monoisotopic (exact) mass is 1110 g/mol. The molecule has 79 heavy (non-hydrogen) atoms. The molecule has 0 bridgehead atoms. The number of allylic oxidation sites excluding steroid dienone is 8. The quantitative estimate of drug-likeness (QED) is 0.0261. The molecule has 0 rings (SSSR count). The van der Waals surface area contributed by atoms with Crippen LogP contribution in [0.25, 0.3) is 0 Å². The van der Waals surface area contributed by atoms with Crippen molar-refractivity contribution in [2.24, 2.45) is 0 Å². The Morgan fingerprint density at radius 2 is 0.494 bits per heavy atom.